The van der Waals surface area contributed by atoms with Crippen molar-refractivity contribution in [3.8, 4) is 0 Å². The summed E-state index contributed by atoms with van der Waals surface area (Å²) in [6.45, 7) is 2.11. The minimum Gasteiger partial charge on any atom is -0.464 e. The normalized spacial score (nSPS) is 13.1. The molecule has 4 nitrogen and oxygen atoms in total. The second-order valence-corrected chi connectivity index (χ2v) is 10.8. The van der Waals surface area contributed by atoms with Gasteiger partial charge in [-0.2, -0.15) is 30.7 Å². The maximum Gasteiger partial charge on any atom is 0.460 e. The Morgan fingerprint density at radius 2 is 1.12 bits per heavy atom. The number of hydrogen-bond donors (Lipinski definition) is 1. The molecule has 0 aliphatic carbocycles. The summed E-state index contributed by atoms with van der Waals surface area (Å²) in [6.07, 6.45) is 11.2. The Kier molecular flexibility index (Phi) is 17.8. The highest BCUT2D eigenvalue weighted by atomic mass is 19.4. The number of alkyl halides is 7. The molecule has 0 aromatic heterocycles. The van der Waals surface area contributed by atoms with Crippen LogP contribution in [0, 0.1) is 0 Å². The van der Waals surface area contributed by atoms with Crippen LogP contribution in [0.5, 0.6) is 0 Å². The molecular weight excluding hydrogens is 567 g/mol. The predicted molar refractivity (Wildman–Crippen MR) is 149 cm³/mol. The van der Waals surface area contributed by atoms with Gasteiger partial charge in [-0.05, 0) is 12.0 Å². The van der Waals surface area contributed by atoms with Gasteiger partial charge < -0.3 is 10.1 Å². The van der Waals surface area contributed by atoms with Crippen LogP contribution in [0.3, 0.4) is 0 Å². The fraction of sp³-hybridized carbons (Fsp3) is 0.742. The molecule has 0 bridgehead atoms. The quantitative estimate of drug-likeness (QED) is 0.0760. The first kappa shape index (κ1) is 37.7. The van der Waals surface area contributed by atoms with Gasteiger partial charge in [0, 0.05) is 6.42 Å². The van der Waals surface area contributed by atoms with Crippen LogP contribution in [0.4, 0.5) is 30.7 Å². The van der Waals surface area contributed by atoms with Crippen molar-refractivity contribution in [3.63, 3.8) is 0 Å². The van der Waals surface area contributed by atoms with Crippen LogP contribution >= 0.6 is 0 Å². The molecule has 1 amide bonds. The number of amides is 1. The number of benzene rings is 1. The van der Waals surface area contributed by atoms with E-state index >= 15 is 0 Å². The number of rotatable bonds is 23. The molecule has 0 radical (unpaired) electrons. The van der Waals surface area contributed by atoms with E-state index in [2.05, 4.69) is 6.92 Å². The third-order valence-electron chi connectivity index (χ3n) is 7.15. The molecular formula is C31H46F7NO3. The monoisotopic (exact) mass is 613 g/mol. The highest BCUT2D eigenvalue weighted by Gasteiger charge is 2.76. The van der Waals surface area contributed by atoms with E-state index in [0.29, 0.717) is 12.0 Å². The minimum atomic E-state index is -6.67. The summed E-state index contributed by atoms with van der Waals surface area (Å²) in [7, 11) is 0. The Bertz CT molecular complexity index is 879. The lowest BCUT2D eigenvalue weighted by atomic mass is 10.0. The smallest absolute Gasteiger partial charge is 0.460 e. The van der Waals surface area contributed by atoms with Gasteiger partial charge in [-0.1, -0.05) is 134 Å². The molecule has 1 atom stereocenters. The zero-order valence-electron chi connectivity index (χ0n) is 24.6. The van der Waals surface area contributed by atoms with Crippen LogP contribution in [0.25, 0.3) is 0 Å². The summed E-state index contributed by atoms with van der Waals surface area (Å²) in [5.74, 6) is -16.9. The van der Waals surface area contributed by atoms with Gasteiger partial charge in [0.15, 0.2) is 0 Å². The lowest BCUT2D eigenvalue weighted by molar-refractivity contribution is -0.344. The van der Waals surface area contributed by atoms with Crippen LogP contribution in [0.1, 0.15) is 115 Å². The maximum atomic E-state index is 13.8. The minimum absolute atomic E-state index is 0.104. The summed E-state index contributed by atoms with van der Waals surface area (Å²) in [5.41, 5.74) is 0.355. The molecule has 0 aliphatic heterocycles. The molecule has 0 heterocycles. The van der Waals surface area contributed by atoms with Gasteiger partial charge >= 0.3 is 24.0 Å². The molecule has 1 aromatic carbocycles. The van der Waals surface area contributed by atoms with E-state index in [1.807, 2.05) is 0 Å². The fourth-order valence-corrected chi connectivity index (χ4v) is 4.54. The summed E-state index contributed by atoms with van der Waals surface area (Å²) < 4.78 is 96.8. The molecule has 1 rings (SSSR count). The summed E-state index contributed by atoms with van der Waals surface area (Å²) >= 11 is 0. The number of ether oxygens (including phenoxy) is 1. The lowest BCUT2D eigenvalue weighted by Crippen LogP contribution is -2.61. The van der Waals surface area contributed by atoms with Gasteiger partial charge in [-0.15, -0.1) is 0 Å². The van der Waals surface area contributed by atoms with Crippen molar-refractivity contribution < 1.29 is 45.1 Å². The van der Waals surface area contributed by atoms with Crippen LogP contribution in [0.2, 0.25) is 0 Å². The van der Waals surface area contributed by atoms with Gasteiger partial charge in [-0.25, -0.2) is 4.79 Å². The second kappa shape index (κ2) is 19.8. The van der Waals surface area contributed by atoms with Crippen molar-refractivity contribution >= 4 is 11.9 Å². The summed E-state index contributed by atoms with van der Waals surface area (Å²) in [5, 5.41) is 1.35. The summed E-state index contributed by atoms with van der Waals surface area (Å²) in [6, 6.07) is 5.78. The molecule has 11 heteroatoms. The molecule has 1 aromatic rings. The van der Waals surface area contributed by atoms with E-state index in [1.165, 1.54) is 81.7 Å². The van der Waals surface area contributed by atoms with Crippen LogP contribution < -0.4 is 5.32 Å². The van der Waals surface area contributed by atoms with E-state index in [1.54, 1.807) is 18.2 Å². The van der Waals surface area contributed by atoms with Gasteiger partial charge in [-0.3, -0.25) is 4.79 Å². The first-order chi connectivity index (χ1) is 19.8. The number of hydrogen-bond acceptors (Lipinski definition) is 3. The van der Waals surface area contributed by atoms with Crippen molar-refractivity contribution in [3.05, 3.63) is 35.9 Å². The largest absolute Gasteiger partial charge is 0.464 e. The first-order valence-electron chi connectivity index (χ1n) is 15.2. The molecule has 0 saturated carbocycles. The van der Waals surface area contributed by atoms with Gasteiger partial charge in [0.05, 0.1) is 6.61 Å². The van der Waals surface area contributed by atoms with Gasteiger partial charge in [0.25, 0.3) is 5.91 Å². The van der Waals surface area contributed by atoms with Crippen molar-refractivity contribution in [1.29, 1.82) is 0 Å². The number of unbranched alkanes of at least 4 members (excludes halogenated alkanes) is 15. The maximum absolute atomic E-state index is 13.8. The molecule has 242 valence electrons. The second-order valence-electron chi connectivity index (χ2n) is 10.8. The molecule has 0 spiro atoms. The third-order valence-corrected chi connectivity index (χ3v) is 7.15. The number of esters is 1. The lowest BCUT2D eigenvalue weighted by Gasteiger charge is -2.28. The van der Waals surface area contributed by atoms with Crippen molar-refractivity contribution in [1.82, 2.24) is 5.32 Å². The molecule has 0 saturated heterocycles. The highest BCUT2D eigenvalue weighted by molar-refractivity contribution is 5.89. The van der Waals surface area contributed by atoms with E-state index < -0.39 is 42.4 Å². The van der Waals surface area contributed by atoms with Crippen molar-refractivity contribution in [2.45, 2.75) is 140 Å². The van der Waals surface area contributed by atoms with E-state index in [0.717, 1.165) is 32.1 Å². The first-order valence-corrected chi connectivity index (χ1v) is 15.2. The molecule has 1 unspecified atom stereocenters. The third kappa shape index (κ3) is 13.8. The topological polar surface area (TPSA) is 55.4 Å². The highest BCUT2D eigenvalue weighted by Crippen LogP contribution is 2.46. The molecule has 0 aliphatic rings. The summed E-state index contributed by atoms with van der Waals surface area (Å²) in [4.78, 5) is 24.4. The predicted octanol–water partition coefficient (Wildman–Crippen LogP) is 9.35. The molecule has 42 heavy (non-hydrogen) atoms. The van der Waals surface area contributed by atoms with Gasteiger partial charge in [0.2, 0.25) is 0 Å². The molecule has 0 fully saturated rings. The SMILES string of the molecule is CCCCCCCCCCCCCCCCCCOC(=O)C(Cc1ccccc1)NC(=O)C(F)(F)C(F)(F)C(F)(F)F. The Hall–Kier alpha value is -2.33. The van der Waals surface area contributed by atoms with E-state index in [9.17, 15) is 40.3 Å². The van der Waals surface area contributed by atoms with Crippen molar-refractivity contribution in [2.24, 2.45) is 0 Å². The Labute approximate surface area is 245 Å². The fourth-order valence-electron chi connectivity index (χ4n) is 4.54. The number of carbonyl (C=O) groups is 2. The van der Waals surface area contributed by atoms with E-state index in [-0.39, 0.29) is 6.61 Å². The van der Waals surface area contributed by atoms with Crippen LogP contribution in [0.15, 0.2) is 30.3 Å². The zero-order chi connectivity index (χ0) is 31.5. The van der Waals surface area contributed by atoms with E-state index in [4.69, 9.17) is 4.74 Å². The number of nitrogens with one attached hydrogen (secondary N) is 1. The Morgan fingerprint density at radius 3 is 1.55 bits per heavy atom. The average Bonchev–Trinajstić information content (AvgIpc) is 2.94. The van der Waals surface area contributed by atoms with Crippen molar-refractivity contribution in [2.75, 3.05) is 6.61 Å². The number of halogens is 7. The van der Waals surface area contributed by atoms with Crippen LogP contribution in [-0.4, -0.2) is 42.5 Å². The molecule has 1 N–H and O–H groups in total. The average molecular weight is 614 g/mol. The number of carbonyl (C=O) groups excluding carboxylic acids is 2. The standard InChI is InChI=1S/C31H46F7NO3/c1-2-3-4-5-6-7-8-9-10-11-12-13-14-15-16-20-23-42-27(40)26(24-25-21-18-17-19-22-25)39-28(41)29(32,33)30(34,35)31(36,37)38/h17-19,21-22,26H,2-16,20,23-24H2,1H3,(H,39,41). The zero-order valence-corrected chi connectivity index (χ0v) is 24.6. The Balaban J connectivity index is 2.37. The van der Waals surface area contributed by atoms with Crippen LogP contribution in [-0.2, 0) is 20.7 Å². The Morgan fingerprint density at radius 1 is 0.690 bits per heavy atom. The van der Waals surface area contributed by atoms with Gasteiger partial charge in [0.1, 0.15) is 6.04 Å².